The Morgan fingerprint density at radius 1 is 1.62 bits per heavy atom. The van der Waals surface area contributed by atoms with Gasteiger partial charge in [-0.15, -0.1) is 0 Å². The zero-order valence-corrected chi connectivity index (χ0v) is 7.21. The summed E-state index contributed by atoms with van der Waals surface area (Å²) in [4.78, 5) is 14.1. The molecule has 1 amide bonds. The number of rotatable bonds is 2. The van der Waals surface area contributed by atoms with Crippen LogP contribution < -0.4 is 5.32 Å². The summed E-state index contributed by atoms with van der Waals surface area (Å²) in [6, 6.07) is 1.76. The van der Waals surface area contributed by atoms with Gasteiger partial charge in [0.2, 0.25) is 0 Å². The number of carbonyl (C=O) groups is 1. The van der Waals surface area contributed by atoms with Gasteiger partial charge in [-0.25, -0.2) is 0 Å². The normalized spacial score (nSPS) is 16.6. The van der Waals surface area contributed by atoms with E-state index in [4.69, 9.17) is 5.11 Å². The second kappa shape index (κ2) is 3.12. The van der Waals surface area contributed by atoms with Crippen LogP contribution in [0.5, 0.6) is 5.75 Å². The lowest BCUT2D eigenvalue weighted by Crippen LogP contribution is -2.39. The molecule has 2 rings (SSSR count). The Morgan fingerprint density at radius 2 is 2.38 bits per heavy atom. The van der Waals surface area contributed by atoms with Gasteiger partial charge in [0.1, 0.15) is 11.4 Å². The van der Waals surface area contributed by atoms with Gasteiger partial charge in [-0.3, -0.25) is 4.79 Å². The number of carbonyl (C=O) groups excluding carboxylic acids is 1. The van der Waals surface area contributed by atoms with Gasteiger partial charge in [-0.2, -0.15) is 0 Å². The van der Waals surface area contributed by atoms with Gasteiger partial charge in [-0.1, -0.05) is 0 Å². The number of amides is 1. The predicted octanol–water partition coefficient (Wildman–Crippen LogP) is 1.00. The first-order chi connectivity index (χ1) is 6.25. The van der Waals surface area contributed by atoms with Gasteiger partial charge < -0.3 is 15.4 Å². The smallest absolute Gasteiger partial charge is 0.268 e. The summed E-state index contributed by atoms with van der Waals surface area (Å²) >= 11 is 0. The summed E-state index contributed by atoms with van der Waals surface area (Å²) in [6.07, 6.45) is 4.73. The van der Waals surface area contributed by atoms with Crippen molar-refractivity contribution in [3.8, 4) is 5.75 Å². The van der Waals surface area contributed by atoms with Crippen LogP contribution in [0.4, 0.5) is 0 Å². The minimum Gasteiger partial charge on any atom is -0.506 e. The first kappa shape index (κ1) is 8.16. The zero-order chi connectivity index (χ0) is 9.26. The van der Waals surface area contributed by atoms with Crippen molar-refractivity contribution in [1.82, 2.24) is 10.3 Å². The van der Waals surface area contributed by atoms with Crippen molar-refractivity contribution in [3.63, 3.8) is 0 Å². The molecule has 70 valence electrons. The minimum atomic E-state index is -0.134. The number of aromatic nitrogens is 1. The first-order valence-corrected chi connectivity index (χ1v) is 4.44. The largest absolute Gasteiger partial charge is 0.506 e. The van der Waals surface area contributed by atoms with Crippen molar-refractivity contribution in [3.05, 3.63) is 18.0 Å². The van der Waals surface area contributed by atoms with Crippen molar-refractivity contribution in [2.45, 2.75) is 25.3 Å². The molecule has 4 heteroatoms. The van der Waals surface area contributed by atoms with Crippen LogP contribution in [0.25, 0.3) is 0 Å². The number of aromatic hydroxyl groups is 1. The fourth-order valence-electron chi connectivity index (χ4n) is 1.33. The molecule has 0 spiro atoms. The van der Waals surface area contributed by atoms with Crippen molar-refractivity contribution in [2.75, 3.05) is 0 Å². The predicted molar refractivity (Wildman–Crippen MR) is 47.6 cm³/mol. The number of hydrogen-bond acceptors (Lipinski definition) is 2. The average Bonchev–Trinajstić information content (AvgIpc) is 2.44. The van der Waals surface area contributed by atoms with Crippen LogP contribution in [0, 0.1) is 0 Å². The molecule has 0 saturated heterocycles. The maximum atomic E-state index is 11.4. The van der Waals surface area contributed by atoms with Crippen LogP contribution in [-0.4, -0.2) is 22.0 Å². The Balaban J connectivity index is 1.96. The van der Waals surface area contributed by atoms with Crippen molar-refractivity contribution in [2.24, 2.45) is 0 Å². The SMILES string of the molecule is O=C(NC1CCC1)c1cc(O)c[nH]1. The van der Waals surface area contributed by atoms with E-state index in [9.17, 15) is 4.79 Å². The van der Waals surface area contributed by atoms with Crippen molar-refractivity contribution in [1.29, 1.82) is 0 Å². The molecule has 0 unspecified atom stereocenters. The summed E-state index contributed by atoms with van der Waals surface area (Å²) in [6.45, 7) is 0. The maximum Gasteiger partial charge on any atom is 0.268 e. The highest BCUT2D eigenvalue weighted by Gasteiger charge is 2.20. The molecule has 0 aliphatic heterocycles. The van der Waals surface area contributed by atoms with Crippen molar-refractivity contribution < 1.29 is 9.90 Å². The molecule has 0 aromatic carbocycles. The van der Waals surface area contributed by atoms with Crippen LogP contribution >= 0.6 is 0 Å². The molecule has 1 heterocycles. The van der Waals surface area contributed by atoms with E-state index in [1.807, 2.05) is 0 Å². The molecule has 1 aliphatic rings. The highest BCUT2D eigenvalue weighted by Crippen LogP contribution is 2.18. The molecule has 3 N–H and O–H groups in total. The van der Waals surface area contributed by atoms with Gasteiger partial charge >= 0.3 is 0 Å². The van der Waals surface area contributed by atoms with E-state index < -0.39 is 0 Å². The average molecular weight is 180 g/mol. The standard InChI is InChI=1S/C9H12N2O2/c12-7-4-8(10-5-7)9(13)11-6-2-1-3-6/h4-6,10,12H,1-3H2,(H,11,13). The van der Waals surface area contributed by atoms with Crippen molar-refractivity contribution >= 4 is 5.91 Å². The molecule has 0 radical (unpaired) electrons. The lowest BCUT2D eigenvalue weighted by Gasteiger charge is -2.25. The lowest BCUT2D eigenvalue weighted by molar-refractivity contribution is 0.0912. The summed E-state index contributed by atoms with van der Waals surface area (Å²) in [5, 5.41) is 11.9. The second-order valence-corrected chi connectivity index (χ2v) is 3.37. The zero-order valence-electron chi connectivity index (χ0n) is 7.21. The van der Waals surface area contributed by atoms with Gasteiger partial charge in [0.05, 0.1) is 0 Å². The van der Waals surface area contributed by atoms with E-state index in [-0.39, 0.29) is 11.7 Å². The fourth-order valence-corrected chi connectivity index (χ4v) is 1.33. The van der Waals surface area contributed by atoms with E-state index in [1.54, 1.807) is 0 Å². The monoisotopic (exact) mass is 180 g/mol. The third-order valence-electron chi connectivity index (χ3n) is 2.35. The molecule has 1 aromatic rings. The molecule has 1 aromatic heterocycles. The molecule has 4 nitrogen and oxygen atoms in total. The van der Waals surface area contributed by atoms with Gasteiger partial charge in [0.15, 0.2) is 0 Å². The minimum absolute atomic E-state index is 0.0961. The number of nitrogens with one attached hydrogen (secondary N) is 2. The summed E-state index contributed by atoms with van der Waals surface area (Å²) < 4.78 is 0. The molecule has 1 fully saturated rings. The van der Waals surface area contributed by atoms with Gasteiger partial charge in [0, 0.05) is 18.3 Å². The van der Waals surface area contributed by atoms with Crippen LogP contribution in [0.15, 0.2) is 12.3 Å². The fraction of sp³-hybridized carbons (Fsp3) is 0.444. The Labute approximate surface area is 76.0 Å². The molecule has 0 bridgehead atoms. The highest BCUT2D eigenvalue weighted by atomic mass is 16.3. The summed E-state index contributed by atoms with van der Waals surface area (Å²) in [7, 11) is 0. The highest BCUT2D eigenvalue weighted by molar-refractivity contribution is 5.93. The topological polar surface area (TPSA) is 65.1 Å². The third kappa shape index (κ3) is 1.66. The molecular formula is C9H12N2O2. The Kier molecular flexibility index (Phi) is 1.96. The molecule has 13 heavy (non-hydrogen) atoms. The lowest BCUT2D eigenvalue weighted by atomic mass is 9.93. The van der Waals surface area contributed by atoms with E-state index in [1.165, 1.54) is 18.7 Å². The third-order valence-corrected chi connectivity index (χ3v) is 2.35. The number of aromatic amines is 1. The Bertz CT molecular complexity index is 315. The molecule has 0 atom stereocenters. The number of H-pyrrole nitrogens is 1. The van der Waals surface area contributed by atoms with Crippen LogP contribution in [0.2, 0.25) is 0 Å². The molecule has 1 saturated carbocycles. The van der Waals surface area contributed by atoms with Crippen LogP contribution in [0.1, 0.15) is 29.8 Å². The molecule has 1 aliphatic carbocycles. The first-order valence-electron chi connectivity index (χ1n) is 4.44. The van der Waals surface area contributed by atoms with E-state index in [0.717, 1.165) is 12.8 Å². The molecular weight excluding hydrogens is 168 g/mol. The van der Waals surface area contributed by atoms with E-state index in [2.05, 4.69) is 10.3 Å². The quantitative estimate of drug-likeness (QED) is 0.635. The Morgan fingerprint density at radius 3 is 2.85 bits per heavy atom. The van der Waals surface area contributed by atoms with Gasteiger partial charge in [-0.05, 0) is 19.3 Å². The van der Waals surface area contributed by atoms with E-state index >= 15 is 0 Å². The summed E-state index contributed by atoms with van der Waals surface area (Å²) in [5.41, 5.74) is 0.421. The van der Waals surface area contributed by atoms with Crippen LogP contribution in [0.3, 0.4) is 0 Å². The summed E-state index contributed by atoms with van der Waals surface area (Å²) in [5.74, 6) is -0.0382. The van der Waals surface area contributed by atoms with E-state index in [0.29, 0.717) is 11.7 Å². The number of hydrogen-bond donors (Lipinski definition) is 3. The Hall–Kier alpha value is -1.45. The maximum absolute atomic E-state index is 11.4. The van der Waals surface area contributed by atoms with Gasteiger partial charge in [0.25, 0.3) is 5.91 Å². The van der Waals surface area contributed by atoms with Crippen LogP contribution in [-0.2, 0) is 0 Å². The second-order valence-electron chi connectivity index (χ2n) is 3.37.